The van der Waals surface area contributed by atoms with Gasteiger partial charge in [-0.1, -0.05) is 91.0 Å². The van der Waals surface area contributed by atoms with Crippen molar-refractivity contribution in [3.05, 3.63) is 108 Å². The molecule has 4 atom stereocenters. The molecule has 0 fully saturated rings. The number of hydrogen-bond donors (Lipinski definition) is 2. The second kappa shape index (κ2) is 16.3. The number of carbonyl (C=O) groups is 2. The van der Waals surface area contributed by atoms with Crippen LogP contribution in [0.4, 0.5) is 0 Å². The van der Waals surface area contributed by atoms with Gasteiger partial charge in [-0.25, -0.2) is 0 Å². The third-order valence-electron chi connectivity index (χ3n) is 5.90. The number of nitrogens with one attached hydrogen (secondary N) is 1. The number of benzene rings is 3. The second-order valence-corrected chi connectivity index (χ2v) is 8.83. The lowest BCUT2D eigenvalue weighted by atomic mass is 9.98. The van der Waals surface area contributed by atoms with Gasteiger partial charge < -0.3 is 29.5 Å². The predicted molar refractivity (Wildman–Crippen MR) is 146 cm³/mol. The molecule has 0 aliphatic heterocycles. The zero-order valence-corrected chi connectivity index (χ0v) is 22.0. The number of rotatable bonds is 17. The van der Waals surface area contributed by atoms with Crippen molar-refractivity contribution in [2.45, 2.75) is 57.6 Å². The molecular weight excluding hydrogens is 498 g/mol. The van der Waals surface area contributed by atoms with Gasteiger partial charge in [-0.15, -0.1) is 0 Å². The minimum Gasteiger partial charge on any atom is -0.466 e. The van der Waals surface area contributed by atoms with E-state index in [1.165, 1.54) is 0 Å². The molecule has 0 amide bonds. The quantitative estimate of drug-likeness (QED) is 0.197. The minimum atomic E-state index is -1.69. The summed E-state index contributed by atoms with van der Waals surface area (Å²) in [6.07, 6.45) is -4.59. The van der Waals surface area contributed by atoms with E-state index in [-0.39, 0.29) is 26.4 Å². The molecule has 3 aromatic carbocycles. The smallest absolute Gasteiger partial charge is 0.308 e. The van der Waals surface area contributed by atoms with E-state index in [4.69, 9.17) is 24.4 Å². The maximum atomic E-state index is 13.6. The van der Waals surface area contributed by atoms with E-state index in [0.717, 1.165) is 22.9 Å². The van der Waals surface area contributed by atoms with Crippen LogP contribution < -0.4 is 0 Å². The van der Waals surface area contributed by atoms with Gasteiger partial charge >= 0.3 is 5.97 Å². The largest absolute Gasteiger partial charge is 0.466 e. The van der Waals surface area contributed by atoms with Crippen LogP contribution in [-0.4, -0.2) is 54.1 Å². The Balaban J connectivity index is 1.89. The first kappa shape index (κ1) is 29.9. The van der Waals surface area contributed by atoms with Crippen LogP contribution in [0.5, 0.6) is 0 Å². The summed E-state index contributed by atoms with van der Waals surface area (Å²) in [6.45, 7) is 2.08. The van der Waals surface area contributed by atoms with Gasteiger partial charge in [0.15, 0.2) is 5.78 Å². The molecule has 39 heavy (non-hydrogen) atoms. The molecule has 8 heteroatoms. The van der Waals surface area contributed by atoms with Crippen molar-refractivity contribution in [3.63, 3.8) is 0 Å². The van der Waals surface area contributed by atoms with Crippen molar-refractivity contribution in [2.24, 2.45) is 0 Å². The van der Waals surface area contributed by atoms with Crippen molar-refractivity contribution in [1.82, 2.24) is 0 Å². The second-order valence-electron chi connectivity index (χ2n) is 8.83. The van der Waals surface area contributed by atoms with E-state index < -0.39 is 42.6 Å². The van der Waals surface area contributed by atoms with Crippen molar-refractivity contribution in [1.29, 1.82) is 5.41 Å². The predicted octanol–water partition coefficient (Wildman–Crippen LogP) is 4.28. The summed E-state index contributed by atoms with van der Waals surface area (Å²) >= 11 is 0. The van der Waals surface area contributed by atoms with Gasteiger partial charge in [-0.3, -0.25) is 9.59 Å². The summed E-state index contributed by atoms with van der Waals surface area (Å²) < 4.78 is 23.2. The van der Waals surface area contributed by atoms with Crippen molar-refractivity contribution >= 4 is 18.0 Å². The molecule has 0 heterocycles. The van der Waals surface area contributed by atoms with E-state index in [9.17, 15) is 14.7 Å². The lowest BCUT2D eigenvalue weighted by Crippen LogP contribution is -2.50. The maximum absolute atomic E-state index is 13.6. The van der Waals surface area contributed by atoms with Gasteiger partial charge in [0, 0.05) is 6.21 Å². The van der Waals surface area contributed by atoms with Crippen molar-refractivity contribution in [2.75, 3.05) is 6.61 Å². The van der Waals surface area contributed by atoms with Crippen LogP contribution >= 0.6 is 0 Å². The maximum Gasteiger partial charge on any atom is 0.308 e. The molecule has 3 aromatic rings. The Morgan fingerprint density at radius 3 is 1.69 bits per heavy atom. The first-order valence-corrected chi connectivity index (χ1v) is 12.9. The van der Waals surface area contributed by atoms with Crippen LogP contribution in [0.3, 0.4) is 0 Å². The van der Waals surface area contributed by atoms with Crippen LogP contribution in [0.25, 0.3) is 0 Å². The van der Waals surface area contributed by atoms with Gasteiger partial charge in [0.25, 0.3) is 0 Å². The Morgan fingerprint density at radius 2 is 1.23 bits per heavy atom. The summed E-state index contributed by atoms with van der Waals surface area (Å²) in [5.41, 5.74) is 2.52. The molecule has 0 aromatic heterocycles. The Kier molecular flexibility index (Phi) is 12.5. The molecule has 0 saturated heterocycles. The molecule has 206 valence electrons. The molecule has 0 spiro atoms. The first-order chi connectivity index (χ1) is 19.0. The third-order valence-corrected chi connectivity index (χ3v) is 5.90. The fraction of sp³-hybridized carbons (Fsp3) is 0.323. The molecule has 8 nitrogen and oxygen atoms in total. The number of esters is 1. The SMILES string of the molecule is CCOC(=O)C[C@H](O)C(=O)[C@@H](OCc1ccccc1)[C@H](OCc1ccccc1)[C@H](C=N)OCc1ccccc1. The number of ketones is 1. The Hall–Kier alpha value is -3.69. The number of Topliss-reactive ketones (excluding diaryl/α,β-unsaturated/α-hetero) is 1. The highest BCUT2D eigenvalue weighted by atomic mass is 16.6. The molecule has 0 radical (unpaired) electrons. The van der Waals surface area contributed by atoms with Crippen molar-refractivity contribution < 1.29 is 33.6 Å². The molecule has 2 N–H and O–H groups in total. The van der Waals surface area contributed by atoms with Gasteiger partial charge in [0.2, 0.25) is 0 Å². The average Bonchev–Trinajstić information content (AvgIpc) is 2.97. The lowest BCUT2D eigenvalue weighted by molar-refractivity contribution is -0.167. The van der Waals surface area contributed by atoms with Gasteiger partial charge in [0.05, 0.1) is 32.8 Å². The molecule has 0 aliphatic rings. The van der Waals surface area contributed by atoms with Crippen LogP contribution in [0.2, 0.25) is 0 Å². The van der Waals surface area contributed by atoms with E-state index >= 15 is 0 Å². The summed E-state index contributed by atoms with van der Waals surface area (Å²) in [7, 11) is 0. The lowest BCUT2D eigenvalue weighted by Gasteiger charge is -2.32. The van der Waals surface area contributed by atoms with E-state index in [1.54, 1.807) is 6.92 Å². The fourth-order valence-corrected chi connectivity index (χ4v) is 3.89. The van der Waals surface area contributed by atoms with E-state index in [2.05, 4.69) is 0 Å². The zero-order valence-electron chi connectivity index (χ0n) is 22.0. The normalized spacial score (nSPS) is 14.1. The number of carbonyl (C=O) groups excluding carboxylic acids is 2. The molecule has 0 aliphatic carbocycles. The van der Waals surface area contributed by atoms with Crippen LogP contribution in [0.1, 0.15) is 30.0 Å². The number of ether oxygens (including phenoxy) is 4. The highest BCUT2D eigenvalue weighted by Gasteiger charge is 2.39. The molecule has 0 unspecified atom stereocenters. The van der Waals surface area contributed by atoms with Gasteiger partial charge in [0.1, 0.15) is 24.4 Å². The van der Waals surface area contributed by atoms with E-state index in [0.29, 0.717) is 0 Å². The first-order valence-electron chi connectivity index (χ1n) is 12.9. The number of aliphatic hydroxyl groups excluding tert-OH is 1. The summed E-state index contributed by atoms with van der Waals surface area (Å²) in [5, 5.41) is 18.8. The molecule has 0 saturated carbocycles. The summed E-state index contributed by atoms with van der Waals surface area (Å²) in [5.74, 6) is -1.46. The van der Waals surface area contributed by atoms with Gasteiger partial charge in [-0.05, 0) is 23.6 Å². The summed E-state index contributed by atoms with van der Waals surface area (Å²) in [6, 6.07) is 28.0. The summed E-state index contributed by atoms with van der Waals surface area (Å²) in [4.78, 5) is 25.6. The molecule has 0 bridgehead atoms. The van der Waals surface area contributed by atoms with E-state index in [1.807, 2.05) is 91.0 Å². The molecule has 3 rings (SSSR count). The standard InChI is InChI=1S/C31H35NO7/c1-2-36-28(34)18-26(33)29(35)31(39-22-25-16-10-5-11-17-25)30(38-21-24-14-8-4-9-15-24)27(19-32)37-20-23-12-6-3-7-13-23/h3-17,19,26-27,30-33H,2,18,20-22H2,1H3/t26-,27-,30+,31+/m0/s1. The monoisotopic (exact) mass is 533 g/mol. The zero-order chi connectivity index (χ0) is 27.9. The highest BCUT2D eigenvalue weighted by Crippen LogP contribution is 2.20. The Morgan fingerprint density at radius 1 is 0.769 bits per heavy atom. The topological polar surface area (TPSA) is 115 Å². The Bertz CT molecular complexity index is 1140. The number of hydrogen-bond acceptors (Lipinski definition) is 8. The minimum absolute atomic E-state index is 0.0397. The van der Waals surface area contributed by atoms with Crippen LogP contribution in [-0.2, 0) is 48.4 Å². The van der Waals surface area contributed by atoms with Crippen LogP contribution in [0.15, 0.2) is 91.0 Å². The third kappa shape index (κ3) is 9.85. The van der Waals surface area contributed by atoms with Gasteiger partial charge in [-0.2, -0.15) is 0 Å². The van der Waals surface area contributed by atoms with Crippen molar-refractivity contribution in [3.8, 4) is 0 Å². The Labute approximate surface area is 229 Å². The van der Waals surface area contributed by atoms with Crippen LogP contribution in [0, 0.1) is 5.41 Å². The fourth-order valence-electron chi connectivity index (χ4n) is 3.89. The average molecular weight is 534 g/mol. The molecular formula is C31H35NO7. The highest BCUT2D eigenvalue weighted by molar-refractivity contribution is 5.91. The number of aliphatic hydroxyl groups is 1.